The summed E-state index contributed by atoms with van der Waals surface area (Å²) in [4.78, 5) is 0.249. The van der Waals surface area contributed by atoms with Crippen molar-refractivity contribution >= 4 is 15.7 Å². The second-order valence-electron chi connectivity index (χ2n) is 6.29. The van der Waals surface area contributed by atoms with Crippen LogP contribution in [0.2, 0.25) is 0 Å². The number of sulfonamides is 1. The Bertz CT molecular complexity index is 611. The van der Waals surface area contributed by atoms with Crippen LogP contribution < -0.4 is 10.5 Å². The maximum absolute atomic E-state index is 12.8. The molecule has 118 valence electrons. The number of nitrogen functional groups attached to an aromatic ring is 1. The van der Waals surface area contributed by atoms with Crippen molar-refractivity contribution in [3.8, 4) is 0 Å². The van der Waals surface area contributed by atoms with Crippen molar-refractivity contribution in [1.29, 1.82) is 0 Å². The molecule has 1 aromatic carbocycles. The molecule has 0 amide bonds. The van der Waals surface area contributed by atoms with E-state index in [0.29, 0.717) is 17.2 Å². The van der Waals surface area contributed by atoms with Crippen molar-refractivity contribution in [2.75, 3.05) is 5.73 Å². The second kappa shape index (κ2) is 6.36. The van der Waals surface area contributed by atoms with Crippen LogP contribution in [0, 0.1) is 19.8 Å². The maximum atomic E-state index is 12.8. The summed E-state index contributed by atoms with van der Waals surface area (Å²) in [5, 5.41) is 0. The predicted octanol–water partition coefficient (Wildman–Crippen LogP) is 3.13. The summed E-state index contributed by atoms with van der Waals surface area (Å²) in [6.07, 6.45) is 5.44. The van der Waals surface area contributed by atoms with Gasteiger partial charge in [0.05, 0.1) is 5.69 Å². The molecule has 2 rings (SSSR count). The number of hydrogen-bond donors (Lipinski definition) is 2. The first-order chi connectivity index (χ1) is 9.83. The summed E-state index contributed by atoms with van der Waals surface area (Å²) in [7, 11) is -3.57. The van der Waals surface area contributed by atoms with Crippen LogP contribution in [0.3, 0.4) is 0 Å². The molecule has 0 radical (unpaired) electrons. The molecule has 1 aliphatic carbocycles. The molecule has 0 aliphatic heterocycles. The zero-order valence-electron chi connectivity index (χ0n) is 13.1. The van der Waals surface area contributed by atoms with Crippen molar-refractivity contribution in [3.05, 3.63) is 23.3 Å². The fourth-order valence-corrected chi connectivity index (χ4v) is 4.90. The summed E-state index contributed by atoms with van der Waals surface area (Å²) in [6.45, 7) is 5.76. The molecule has 1 fully saturated rings. The lowest BCUT2D eigenvalue weighted by molar-refractivity contribution is 0.399. The van der Waals surface area contributed by atoms with Crippen LogP contribution >= 0.6 is 0 Å². The molecule has 0 saturated heterocycles. The van der Waals surface area contributed by atoms with Gasteiger partial charge in [0.2, 0.25) is 10.0 Å². The van der Waals surface area contributed by atoms with Gasteiger partial charge in [-0.05, 0) is 43.7 Å². The van der Waals surface area contributed by atoms with E-state index in [1.54, 1.807) is 6.92 Å². The van der Waals surface area contributed by atoms with Crippen molar-refractivity contribution in [1.82, 2.24) is 4.72 Å². The normalized spacial score (nSPS) is 23.8. The molecule has 4 nitrogen and oxygen atoms in total. The Morgan fingerprint density at radius 1 is 1.10 bits per heavy atom. The summed E-state index contributed by atoms with van der Waals surface area (Å²) in [5.74, 6) is 0.369. The van der Waals surface area contributed by atoms with E-state index in [4.69, 9.17) is 5.73 Å². The number of hydrogen-bond acceptors (Lipinski definition) is 3. The van der Waals surface area contributed by atoms with Crippen LogP contribution in [0.1, 0.15) is 50.2 Å². The minimum absolute atomic E-state index is 0.0109. The quantitative estimate of drug-likeness (QED) is 0.665. The average Bonchev–Trinajstić information content (AvgIpc) is 2.59. The number of anilines is 1. The van der Waals surface area contributed by atoms with E-state index in [0.717, 1.165) is 24.8 Å². The third-order valence-corrected chi connectivity index (χ3v) is 6.24. The van der Waals surface area contributed by atoms with Gasteiger partial charge in [0.1, 0.15) is 4.90 Å². The number of rotatable bonds is 3. The minimum Gasteiger partial charge on any atom is -0.397 e. The maximum Gasteiger partial charge on any atom is 0.243 e. The minimum atomic E-state index is -3.57. The SMILES string of the molecule is Cc1ccc(C)c(S(=O)(=O)NC2CCCCCC2C)c1N. The smallest absolute Gasteiger partial charge is 0.243 e. The lowest BCUT2D eigenvalue weighted by Gasteiger charge is -2.24. The van der Waals surface area contributed by atoms with Crippen molar-refractivity contribution in [3.63, 3.8) is 0 Å². The van der Waals surface area contributed by atoms with Gasteiger partial charge >= 0.3 is 0 Å². The van der Waals surface area contributed by atoms with Crippen molar-refractivity contribution in [2.45, 2.75) is 63.8 Å². The second-order valence-corrected chi connectivity index (χ2v) is 7.94. The molecule has 5 heteroatoms. The van der Waals surface area contributed by atoms with E-state index in [-0.39, 0.29) is 10.9 Å². The van der Waals surface area contributed by atoms with Gasteiger partial charge in [-0.3, -0.25) is 0 Å². The summed E-state index contributed by atoms with van der Waals surface area (Å²) < 4.78 is 28.4. The molecule has 1 aromatic rings. The van der Waals surface area contributed by atoms with E-state index in [9.17, 15) is 8.42 Å². The van der Waals surface area contributed by atoms with E-state index >= 15 is 0 Å². The molecular weight excluding hydrogens is 284 g/mol. The van der Waals surface area contributed by atoms with Crippen molar-refractivity contribution < 1.29 is 8.42 Å². The number of benzene rings is 1. The highest BCUT2D eigenvalue weighted by Crippen LogP contribution is 2.29. The number of nitrogens with two attached hydrogens (primary N) is 1. The highest BCUT2D eigenvalue weighted by molar-refractivity contribution is 7.89. The first kappa shape index (κ1) is 16.3. The van der Waals surface area contributed by atoms with Gasteiger partial charge in [-0.1, -0.05) is 38.3 Å². The van der Waals surface area contributed by atoms with Crippen LogP contribution in [0.25, 0.3) is 0 Å². The Morgan fingerprint density at radius 3 is 2.43 bits per heavy atom. The molecule has 0 heterocycles. The van der Waals surface area contributed by atoms with Crippen LogP contribution in [0.4, 0.5) is 5.69 Å². The Balaban J connectivity index is 2.32. The standard InChI is InChI=1S/C16H26N2O2S/c1-11-7-5-4-6-8-14(11)18-21(19,20)16-13(3)10-9-12(2)15(16)17/h9-11,14,18H,4-8,17H2,1-3H3. The van der Waals surface area contributed by atoms with Gasteiger partial charge < -0.3 is 5.73 Å². The van der Waals surface area contributed by atoms with E-state index in [2.05, 4.69) is 11.6 Å². The van der Waals surface area contributed by atoms with Gasteiger partial charge in [-0.2, -0.15) is 0 Å². The number of nitrogens with one attached hydrogen (secondary N) is 1. The molecule has 0 bridgehead atoms. The van der Waals surface area contributed by atoms with Gasteiger partial charge in [-0.25, -0.2) is 13.1 Å². The molecule has 2 unspecified atom stereocenters. The molecule has 1 saturated carbocycles. The first-order valence-corrected chi connectivity index (χ1v) is 9.19. The Labute approximate surface area is 128 Å². The first-order valence-electron chi connectivity index (χ1n) is 7.71. The summed E-state index contributed by atoms with van der Waals surface area (Å²) in [6, 6.07) is 3.69. The predicted molar refractivity (Wildman–Crippen MR) is 86.7 cm³/mol. The van der Waals surface area contributed by atoms with Crippen LogP contribution in [0.5, 0.6) is 0 Å². The zero-order chi connectivity index (χ0) is 15.6. The zero-order valence-corrected chi connectivity index (χ0v) is 14.0. The summed E-state index contributed by atoms with van der Waals surface area (Å²) >= 11 is 0. The molecule has 2 atom stereocenters. The number of aryl methyl sites for hydroxylation is 2. The fourth-order valence-electron chi connectivity index (χ4n) is 3.09. The topological polar surface area (TPSA) is 72.2 Å². The lowest BCUT2D eigenvalue weighted by atomic mass is 9.98. The largest absolute Gasteiger partial charge is 0.397 e. The molecule has 3 N–H and O–H groups in total. The Kier molecular flexibility index (Phi) is 4.94. The fraction of sp³-hybridized carbons (Fsp3) is 0.625. The Hall–Kier alpha value is -1.07. The third kappa shape index (κ3) is 3.58. The van der Waals surface area contributed by atoms with E-state index < -0.39 is 10.0 Å². The molecule has 1 aliphatic rings. The molecule has 0 spiro atoms. The van der Waals surface area contributed by atoms with Crippen LogP contribution in [-0.2, 0) is 10.0 Å². The molecule has 0 aromatic heterocycles. The average molecular weight is 310 g/mol. The Morgan fingerprint density at radius 2 is 1.71 bits per heavy atom. The molecule has 21 heavy (non-hydrogen) atoms. The van der Waals surface area contributed by atoms with Gasteiger partial charge in [0.15, 0.2) is 0 Å². The van der Waals surface area contributed by atoms with E-state index in [1.165, 1.54) is 12.8 Å². The lowest BCUT2D eigenvalue weighted by Crippen LogP contribution is -2.39. The van der Waals surface area contributed by atoms with Gasteiger partial charge in [0.25, 0.3) is 0 Å². The van der Waals surface area contributed by atoms with Gasteiger partial charge in [-0.15, -0.1) is 0 Å². The monoisotopic (exact) mass is 310 g/mol. The molecular formula is C16H26N2O2S. The van der Waals surface area contributed by atoms with Gasteiger partial charge in [0, 0.05) is 6.04 Å². The van der Waals surface area contributed by atoms with Crippen LogP contribution in [-0.4, -0.2) is 14.5 Å². The van der Waals surface area contributed by atoms with Crippen molar-refractivity contribution in [2.24, 2.45) is 5.92 Å². The highest BCUT2D eigenvalue weighted by atomic mass is 32.2. The highest BCUT2D eigenvalue weighted by Gasteiger charge is 2.28. The third-order valence-electron chi connectivity index (χ3n) is 4.55. The van der Waals surface area contributed by atoms with E-state index in [1.807, 2.05) is 19.1 Å². The van der Waals surface area contributed by atoms with Crippen LogP contribution in [0.15, 0.2) is 17.0 Å². The summed E-state index contributed by atoms with van der Waals surface area (Å²) in [5.41, 5.74) is 7.89.